The predicted octanol–water partition coefficient (Wildman–Crippen LogP) is 30.2. The Morgan fingerprint density at radius 2 is 0.442 bits per heavy atom. The second-order valence-electron chi connectivity index (χ2n) is 27.1. The van der Waals surface area contributed by atoms with E-state index in [9.17, 15) is 0 Å². The Hall–Kier alpha value is -2.74. The Morgan fingerprint density at radius 3 is 0.709 bits per heavy atom. The first-order valence-electron chi connectivity index (χ1n) is 39.3. The molecule has 0 saturated heterocycles. The van der Waals surface area contributed by atoms with Crippen molar-refractivity contribution in [2.45, 2.75) is 426 Å². The summed E-state index contributed by atoms with van der Waals surface area (Å²) in [6.07, 6.45) is 94.9. The fourth-order valence-electron chi connectivity index (χ4n) is 12.9. The van der Waals surface area contributed by atoms with E-state index in [1.807, 2.05) is 0 Å². The van der Waals surface area contributed by atoms with Crippen LogP contribution in [-0.4, -0.2) is 11.4 Å². The Kier molecular flexibility index (Phi) is 60.2. The molecule has 0 heterocycles. The highest BCUT2D eigenvalue weighted by Crippen LogP contribution is 2.27. The van der Waals surface area contributed by atoms with E-state index >= 15 is 0 Å². The Morgan fingerprint density at radius 1 is 0.233 bits per heavy atom. The van der Waals surface area contributed by atoms with Crippen molar-refractivity contribution in [3.8, 4) is 0 Å². The number of benzene rings is 2. The van der Waals surface area contributed by atoms with Crippen LogP contribution in [0.5, 0.6) is 0 Å². The van der Waals surface area contributed by atoms with Crippen molar-refractivity contribution in [2.24, 2.45) is 9.98 Å². The number of hydrogen-bond acceptors (Lipinski definition) is 2. The standard InChI is InChI=1S/C84H148N2/c1-5-9-13-16-19-21-23-25-27-29-31-33-35-37-39-41-43-45-47-49-51-53-55-57-59-61-64-71-79-73-67-69-76-81(79)85-83(75-12-8-4)84(78-66-63-18-15-11-7-3)86-82-77-70-68-74-80(82)72-65-62-60-58-56-54-52-50-48-46-44-42-40-38-36-34-32-30-28-26-24-22-20-17-14-10-6-2/h57-60,67-70,73-74,76-77H,5-56,61-66,71-72,75,78H2,1-4H3/b59-57+,60-58+,85-83?,86-84?. The number of nitrogens with zero attached hydrogens (tertiary/aromatic N) is 2. The van der Waals surface area contributed by atoms with Gasteiger partial charge in [0.25, 0.3) is 0 Å². The highest BCUT2D eigenvalue weighted by molar-refractivity contribution is 6.43. The molecule has 0 spiro atoms. The van der Waals surface area contributed by atoms with Gasteiger partial charge in [-0.1, -0.05) is 397 Å². The molecular formula is C84H148N2. The number of rotatable bonds is 67. The summed E-state index contributed by atoms with van der Waals surface area (Å²) in [5, 5.41) is 0. The zero-order valence-corrected chi connectivity index (χ0v) is 58.7. The van der Waals surface area contributed by atoms with Crippen LogP contribution in [0.15, 0.2) is 82.8 Å². The molecule has 0 unspecified atom stereocenters. The zero-order chi connectivity index (χ0) is 61.2. The molecule has 0 atom stereocenters. The van der Waals surface area contributed by atoms with Crippen LogP contribution in [0.3, 0.4) is 0 Å². The van der Waals surface area contributed by atoms with Crippen LogP contribution in [0, 0.1) is 0 Å². The van der Waals surface area contributed by atoms with E-state index in [-0.39, 0.29) is 0 Å². The molecule has 2 aromatic rings. The largest absolute Gasteiger partial charge is 0.251 e. The summed E-state index contributed by atoms with van der Waals surface area (Å²) in [5.41, 5.74) is 7.56. The number of para-hydroxylation sites is 2. The van der Waals surface area contributed by atoms with E-state index in [2.05, 4.69) is 101 Å². The second kappa shape index (κ2) is 65.2. The lowest BCUT2D eigenvalue weighted by Crippen LogP contribution is -2.15. The molecule has 0 aromatic heterocycles. The van der Waals surface area contributed by atoms with Crippen molar-refractivity contribution in [1.29, 1.82) is 0 Å². The van der Waals surface area contributed by atoms with Gasteiger partial charge in [0.05, 0.1) is 22.8 Å². The lowest BCUT2D eigenvalue weighted by atomic mass is 10.00. The topological polar surface area (TPSA) is 24.7 Å². The average molecular weight is 1190 g/mol. The van der Waals surface area contributed by atoms with Crippen molar-refractivity contribution >= 4 is 22.8 Å². The molecule has 0 fully saturated rings. The molecule has 2 heteroatoms. The molecule has 2 aromatic carbocycles. The first kappa shape index (κ1) is 79.4. The van der Waals surface area contributed by atoms with Crippen LogP contribution < -0.4 is 0 Å². The molecule has 0 bridgehead atoms. The lowest BCUT2D eigenvalue weighted by Gasteiger charge is -2.14. The van der Waals surface area contributed by atoms with E-state index in [0.29, 0.717) is 0 Å². The molecule has 2 nitrogen and oxygen atoms in total. The van der Waals surface area contributed by atoms with E-state index in [4.69, 9.17) is 9.98 Å². The van der Waals surface area contributed by atoms with Gasteiger partial charge in [0, 0.05) is 0 Å². The zero-order valence-electron chi connectivity index (χ0n) is 58.7. The first-order chi connectivity index (χ1) is 42.7. The Balaban J connectivity index is 1.70. The third kappa shape index (κ3) is 51.1. The highest BCUT2D eigenvalue weighted by Gasteiger charge is 2.14. The normalized spacial score (nSPS) is 12.3. The first-order valence-corrected chi connectivity index (χ1v) is 39.3. The monoisotopic (exact) mass is 1190 g/mol. The van der Waals surface area contributed by atoms with Crippen LogP contribution in [-0.2, 0) is 12.8 Å². The van der Waals surface area contributed by atoms with Crippen molar-refractivity contribution in [2.75, 3.05) is 0 Å². The molecule has 86 heavy (non-hydrogen) atoms. The van der Waals surface area contributed by atoms with Gasteiger partial charge < -0.3 is 0 Å². The molecule has 0 saturated carbocycles. The molecule has 2 rings (SSSR count). The van der Waals surface area contributed by atoms with E-state index < -0.39 is 0 Å². The van der Waals surface area contributed by atoms with Crippen molar-refractivity contribution in [3.05, 3.63) is 84.0 Å². The number of unbranched alkanes of at least 4 members (excludes halogenated alkanes) is 52. The number of aryl methyl sites for hydroxylation is 2. The number of hydrogen-bond donors (Lipinski definition) is 0. The van der Waals surface area contributed by atoms with Crippen LogP contribution in [0.4, 0.5) is 11.4 Å². The summed E-state index contributed by atoms with van der Waals surface area (Å²) in [6, 6.07) is 18.0. The molecule has 0 amide bonds. The quantitative estimate of drug-likeness (QED) is 0.0358. The SMILES string of the molecule is CCCCCCCCCCCCCCCCCCCCCCCC/C=C/CCCc1ccccc1N=C(CCCC)C(CCCCCCCC)=Nc1ccccc1CCC/C=C/CCCCCCCCCCCCCCCCCCCCCCCC. The highest BCUT2D eigenvalue weighted by atomic mass is 14.8. The predicted molar refractivity (Wildman–Crippen MR) is 392 cm³/mol. The Bertz CT molecular complexity index is 1810. The summed E-state index contributed by atoms with van der Waals surface area (Å²) in [4.78, 5) is 11.2. The number of allylic oxidation sites excluding steroid dienone is 4. The maximum Gasteiger partial charge on any atom is 0.0665 e. The minimum absolute atomic E-state index is 0.994. The fourth-order valence-corrected chi connectivity index (χ4v) is 12.9. The lowest BCUT2D eigenvalue weighted by molar-refractivity contribution is 0.519. The summed E-state index contributed by atoms with van der Waals surface area (Å²) in [5.74, 6) is 0. The second-order valence-corrected chi connectivity index (χ2v) is 27.1. The van der Waals surface area contributed by atoms with Crippen LogP contribution in [0.2, 0.25) is 0 Å². The summed E-state index contributed by atoms with van der Waals surface area (Å²) < 4.78 is 0. The fraction of sp³-hybridized carbons (Fsp3) is 0.786. The van der Waals surface area contributed by atoms with Crippen LogP contribution in [0.25, 0.3) is 0 Å². The minimum atomic E-state index is 0.994. The maximum atomic E-state index is 5.61. The molecule has 0 radical (unpaired) electrons. The maximum absolute atomic E-state index is 5.61. The van der Waals surface area contributed by atoms with Gasteiger partial charge in [0.2, 0.25) is 0 Å². The van der Waals surface area contributed by atoms with Gasteiger partial charge >= 0.3 is 0 Å². The third-order valence-corrected chi connectivity index (χ3v) is 18.8. The van der Waals surface area contributed by atoms with Gasteiger partial charge in [-0.25, -0.2) is 0 Å². The van der Waals surface area contributed by atoms with Gasteiger partial charge in [-0.2, -0.15) is 0 Å². The summed E-state index contributed by atoms with van der Waals surface area (Å²) in [6.45, 7) is 9.26. The van der Waals surface area contributed by atoms with Crippen molar-refractivity contribution in [1.82, 2.24) is 0 Å². The molecule has 0 N–H and O–H groups in total. The summed E-state index contributed by atoms with van der Waals surface area (Å²) >= 11 is 0. The average Bonchev–Trinajstić information content (AvgIpc) is 3.70. The summed E-state index contributed by atoms with van der Waals surface area (Å²) in [7, 11) is 0. The smallest absolute Gasteiger partial charge is 0.0665 e. The molecule has 0 aliphatic rings. The van der Waals surface area contributed by atoms with Crippen molar-refractivity contribution < 1.29 is 0 Å². The van der Waals surface area contributed by atoms with Gasteiger partial charge in [0.15, 0.2) is 0 Å². The van der Waals surface area contributed by atoms with Crippen molar-refractivity contribution in [3.63, 3.8) is 0 Å². The molecular weight excluding hydrogens is 1040 g/mol. The van der Waals surface area contributed by atoms with Gasteiger partial charge in [0.1, 0.15) is 0 Å². The minimum Gasteiger partial charge on any atom is -0.251 e. The molecule has 0 aliphatic heterocycles. The number of aliphatic imine (C=N–C) groups is 2. The van der Waals surface area contributed by atoms with E-state index in [1.54, 1.807) is 0 Å². The van der Waals surface area contributed by atoms with Gasteiger partial charge in [-0.15, -0.1) is 0 Å². The van der Waals surface area contributed by atoms with E-state index in [0.717, 1.165) is 56.3 Å². The van der Waals surface area contributed by atoms with E-state index in [1.165, 1.54) is 376 Å². The molecule has 0 aliphatic carbocycles. The van der Waals surface area contributed by atoms with Gasteiger partial charge in [-0.3, -0.25) is 9.98 Å². The molecule has 494 valence electrons. The van der Waals surface area contributed by atoms with Gasteiger partial charge in [-0.05, 0) is 113 Å². The third-order valence-electron chi connectivity index (χ3n) is 18.8. The Labute approximate surface area is 539 Å². The van der Waals surface area contributed by atoms with Crippen LogP contribution in [0.1, 0.15) is 424 Å². The van der Waals surface area contributed by atoms with Crippen LogP contribution >= 0.6 is 0 Å².